The SMILES string of the molecule is CCO[P+](O)(NC1(C(=O)OC)CC1)Oc1c2n(ccc1=O)N(C1c3ccccc3-c3scnc3-c3c1ccc(F)c3F)C1COCCN1C2=O. The van der Waals surface area contributed by atoms with E-state index in [0.717, 1.165) is 11.6 Å². The topological polar surface area (TPSA) is 145 Å². The van der Waals surface area contributed by atoms with Crippen LogP contribution in [-0.4, -0.2) is 76.5 Å². The fraction of sp³-hybridized carbons (Fsp3) is 0.333. The summed E-state index contributed by atoms with van der Waals surface area (Å²) in [5, 5.41) is 4.55. The number of methoxy groups -OCH3 is 1. The number of aromatic nitrogens is 2. The first-order valence-corrected chi connectivity index (χ1v) is 18.3. The molecule has 260 valence electrons. The van der Waals surface area contributed by atoms with Crippen molar-refractivity contribution in [1.29, 1.82) is 0 Å². The molecule has 4 aromatic rings. The van der Waals surface area contributed by atoms with Crippen LogP contribution in [0.3, 0.4) is 0 Å². The van der Waals surface area contributed by atoms with E-state index in [4.69, 9.17) is 18.5 Å². The van der Waals surface area contributed by atoms with Crippen molar-refractivity contribution in [2.75, 3.05) is 38.5 Å². The van der Waals surface area contributed by atoms with Crippen molar-refractivity contribution < 1.29 is 41.8 Å². The Morgan fingerprint density at radius 3 is 2.74 bits per heavy atom. The van der Waals surface area contributed by atoms with E-state index in [1.165, 1.54) is 46.4 Å². The summed E-state index contributed by atoms with van der Waals surface area (Å²) >= 11 is 1.29. The zero-order valence-corrected chi connectivity index (χ0v) is 28.5. The summed E-state index contributed by atoms with van der Waals surface area (Å²) < 4.78 is 54.9. The summed E-state index contributed by atoms with van der Waals surface area (Å²) in [5.41, 5.74) is 1.36. The number of hydrogen-bond acceptors (Lipinski definition) is 12. The highest BCUT2D eigenvalue weighted by molar-refractivity contribution is 7.59. The lowest BCUT2D eigenvalue weighted by Crippen LogP contribution is -2.66. The number of rotatable bonds is 8. The maximum atomic E-state index is 16.0. The predicted molar refractivity (Wildman–Crippen MR) is 178 cm³/mol. The van der Waals surface area contributed by atoms with E-state index >= 15 is 4.39 Å². The van der Waals surface area contributed by atoms with Gasteiger partial charge < -0.3 is 14.4 Å². The van der Waals surface area contributed by atoms with E-state index in [-0.39, 0.29) is 43.3 Å². The van der Waals surface area contributed by atoms with Crippen LogP contribution in [0.25, 0.3) is 21.7 Å². The fourth-order valence-corrected chi connectivity index (χ4v) is 9.62. The number of nitrogens with one attached hydrogen (secondary N) is 1. The van der Waals surface area contributed by atoms with Crippen LogP contribution < -0.4 is 20.0 Å². The average molecular weight is 727 g/mol. The molecule has 4 aliphatic rings. The standard InChI is InChI=1S/C33H31F2N5O8PS/c1-3-47-49(44,37-33(11-12-33)32(43)45-2)48-29-22(41)10-13-39-28(29)31(42)38-14-15-46-16-23(38)40(39)27-18-6-4-5-7-19(18)30-26(36-17-50-30)24-20(27)8-9-21(34)25(24)35/h4-10,13,17,23,27,37,44H,3,11-12,14-16H2,1-2H3/q+1. The second-order valence-corrected chi connectivity index (χ2v) is 14.8. The molecule has 4 heterocycles. The molecule has 1 saturated carbocycles. The molecule has 2 N–H and O–H groups in total. The van der Waals surface area contributed by atoms with Gasteiger partial charge in [0.15, 0.2) is 22.9 Å². The number of thiazole rings is 1. The largest absolute Gasteiger partial charge is 0.545 e. The van der Waals surface area contributed by atoms with E-state index in [1.807, 2.05) is 24.3 Å². The molecular weight excluding hydrogens is 695 g/mol. The summed E-state index contributed by atoms with van der Waals surface area (Å²) in [6, 6.07) is 10.3. The van der Waals surface area contributed by atoms with E-state index < -0.39 is 60.5 Å². The van der Waals surface area contributed by atoms with Gasteiger partial charge in [-0.1, -0.05) is 35.4 Å². The van der Waals surface area contributed by atoms with Crippen molar-refractivity contribution in [3.63, 3.8) is 0 Å². The molecule has 2 aliphatic heterocycles. The number of pyridine rings is 1. The van der Waals surface area contributed by atoms with Gasteiger partial charge in [0.05, 0.1) is 49.1 Å². The highest BCUT2D eigenvalue weighted by atomic mass is 32.1. The van der Waals surface area contributed by atoms with Gasteiger partial charge in [-0.05, 0) is 42.5 Å². The van der Waals surface area contributed by atoms with Crippen molar-refractivity contribution in [3.05, 3.63) is 92.9 Å². The number of carbonyl (C=O) groups excluding carboxylic acids is 2. The lowest BCUT2D eigenvalue weighted by molar-refractivity contribution is -0.144. The zero-order valence-electron chi connectivity index (χ0n) is 26.8. The quantitative estimate of drug-likeness (QED) is 0.200. The molecule has 50 heavy (non-hydrogen) atoms. The molecule has 8 rings (SSSR count). The first-order valence-electron chi connectivity index (χ1n) is 15.9. The second kappa shape index (κ2) is 12.2. The van der Waals surface area contributed by atoms with Crippen molar-refractivity contribution in [3.8, 4) is 27.4 Å². The number of nitrogens with zero attached hydrogens (tertiary/aromatic N) is 4. The van der Waals surface area contributed by atoms with Crippen LogP contribution in [0.5, 0.6) is 5.75 Å². The number of halogens is 2. The second-order valence-electron chi connectivity index (χ2n) is 12.2. The summed E-state index contributed by atoms with van der Waals surface area (Å²) in [6.07, 6.45) is 1.27. The molecule has 0 radical (unpaired) electrons. The van der Waals surface area contributed by atoms with Crippen molar-refractivity contribution in [2.45, 2.75) is 37.5 Å². The summed E-state index contributed by atoms with van der Waals surface area (Å²) in [4.78, 5) is 59.1. The van der Waals surface area contributed by atoms with Gasteiger partial charge in [-0.25, -0.2) is 18.6 Å². The van der Waals surface area contributed by atoms with E-state index in [0.29, 0.717) is 28.8 Å². The van der Waals surface area contributed by atoms with Gasteiger partial charge in [-0.2, -0.15) is 9.42 Å². The Kier molecular flexibility index (Phi) is 8.01. The molecule has 17 heteroatoms. The molecule has 2 fully saturated rings. The molecule has 1 saturated heterocycles. The van der Waals surface area contributed by atoms with Crippen LogP contribution >= 0.6 is 19.4 Å². The normalized spacial score (nSPS) is 21.1. The van der Waals surface area contributed by atoms with Gasteiger partial charge in [0.2, 0.25) is 5.43 Å². The van der Waals surface area contributed by atoms with E-state index in [1.54, 1.807) is 17.4 Å². The van der Waals surface area contributed by atoms with Gasteiger partial charge in [-0.3, -0.25) is 23.8 Å². The van der Waals surface area contributed by atoms with Crippen LogP contribution in [-0.2, 0) is 18.8 Å². The average Bonchev–Trinajstić information content (AvgIpc) is 3.76. The molecule has 13 nitrogen and oxygen atoms in total. The minimum absolute atomic E-state index is 0.0277. The molecule has 1 amide bonds. The van der Waals surface area contributed by atoms with Gasteiger partial charge >= 0.3 is 14.1 Å². The predicted octanol–water partition coefficient (Wildman–Crippen LogP) is 4.15. The third-order valence-corrected chi connectivity index (χ3v) is 12.0. The summed E-state index contributed by atoms with van der Waals surface area (Å²) in [6.45, 7) is 1.91. The number of carbonyl (C=O) groups is 2. The number of amides is 1. The van der Waals surface area contributed by atoms with Gasteiger partial charge in [0, 0.05) is 24.4 Å². The molecule has 2 aliphatic carbocycles. The van der Waals surface area contributed by atoms with Crippen molar-refractivity contribution >= 4 is 31.3 Å². The highest BCUT2D eigenvalue weighted by Crippen LogP contribution is 2.58. The molecular formula is C33H31F2N5O8PS+. The number of benzene rings is 2. The first-order chi connectivity index (χ1) is 24.1. The molecule has 3 atom stereocenters. The molecule has 2 aromatic heterocycles. The Morgan fingerprint density at radius 2 is 1.98 bits per heavy atom. The number of morpholine rings is 1. The minimum Gasteiger partial charge on any atom is -0.468 e. The fourth-order valence-electron chi connectivity index (χ4n) is 6.98. The number of fused-ring (bicyclic) bond motifs is 7. The third kappa shape index (κ3) is 5.04. The van der Waals surface area contributed by atoms with Crippen LogP contribution in [0.15, 0.2) is 59.0 Å². The van der Waals surface area contributed by atoms with Crippen LogP contribution in [0.4, 0.5) is 8.78 Å². The Hall–Kier alpha value is -4.31. The van der Waals surface area contributed by atoms with E-state index in [9.17, 15) is 23.7 Å². The van der Waals surface area contributed by atoms with Gasteiger partial charge in [-0.15, -0.1) is 11.3 Å². The Morgan fingerprint density at radius 1 is 1.18 bits per heavy atom. The summed E-state index contributed by atoms with van der Waals surface area (Å²) in [5.74, 6) is -3.86. The molecule has 0 bridgehead atoms. The molecule has 0 spiro atoms. The zero-order chi connectivity index (χ0) is 34.9. The molecule has 3 unspecified atom stereocenters. The third-order valence-electron chi connectivity index (χ3n) is 9.35. The maximum Gasteiger partial charge on any atom is 0.545 e. The van der Waals surface area contributed by atoms with Crippen LogP contribution in [0.1, 0.15) is 47.4 Å². The van der Waals surface area contributed by atoms with Crippen molar-refractivity contribution in [1.82, 2.24) is 19.6 Å². The molecule has 2 aromatic carbocycles. The lowest BCUT2D eigenvalue weighted by Gasteiger charge is -2.51. The minimum atomic E-state index is -4.24. The number of hydrogen-bond donors (Lipinski definition) is 2. The van der Waals surface area contributed by atoms with Gasteiger partial charge in [0.25, 0.3) is 11.7 Å². The number of esters is 1. The maximum absolute atomic E-state index is 16.0. The summed E-state index contributed by atoms with van der Waals surface area (Å²) in [7, 11) is -3.02. The Balaban J connectivity index is 1.35. The first kappa shape index (κ1) is 32.9. The van der Waals surface area contributed by atoms with Crippen LogP contribution in [0, 0.1) is 11.6 Å². The van der Waals surface area contributed by atoms with E-state index in [2.05, 4.69) is 10.1 Å². The lowest BCUT2D eigenvalue weighted by atomic mass is 9.92. The monoisotopic (exact) mass is 726 g/mol. The number of ether oxygens (including phenoxy) is 2. The highest BCUT2D eigenvalue weighted by Gasteiger charge is 2.63. The van der Waals surface area contributed by atoms with Gasteiger partial charge in [0.1, 0.15) is 6.17 Å². The van der Waals surface area contributed by atoms with Crippen molar-refractivity contribution in [2.24, 2.45) is 0 Å². The Labute approximate surface area is 288 Å². The smallest absolute Gasteiger partial charge is 0.468 e. The van der Waals surface area contributed by atoms with Crippen LogP contribution in [0.2, 0.25) is 0 Å². The Bertz CT molecular complexity index is 2110.